The minimum atomic E-state index is 0.861. The lowest BCUT2D eigenvalue weighted by atomic mass is 10.0. The molecule has 0 bridgehead atoms. The van der Waals surface area contributed by atoms with Crippen LogP contribution in [-0.2, 0) is 6.42 Å². The Balaban J connectivity index is 2.05. The van der Waals surface area contributed by atoms with E-state index < -0.39 is 0 Å². The third kappa shape index (κ3) is 1.85. The topological polar surface area (TPSA) is 0 Å². The lowest BCUT2D eigenvalue weighted by molar-refractivity contribution is 0.798. The second-order valence-corrected chi connectivity index (χ2v) is 5.90. The fourth-order valence-corrected chi connectivity index (χ4v) is 4.03. The highest BCUT2D eigenvalue weighted by atomic mass is 28.2. The molecular weight excluding hydrogens is 220 g/mol. The third-order valence-corrected chi connectivity index (χ3v) is 4.97. The van der Waals surface area contributed by atoms with E-state index in [-0.39, 0.29) is 0 Å². The van der Waals surface area contributed by atoms with Gasteiger partial charge in [0.25, 0.3) is 0 Å². The first-order chi connectivity index (χ1) is 8.40. The number of aryl methyl sites for hydroxylation is 1. The highest BCUT2D eigenvalue weighted by Gasteiger charge is 2.20. The standard InChI is InChI=1S/C16H16Si/c1-2-3-7-12-8-6-10-14-13-9-4-5-11-15(13)17-16(12)14/h4-6,8-11H,2-3,7H2,1H3. The molecule has 0 unspecified atom stereocenters. The summed E-state index contributed by atoms with van der Waals surface area (Å²) >= 11 is 0. The van der Waals surface area contributed by atoms with Gasteiger partial charge in [0.2, 0.25) is 0 Å². The van der Waals surface area contributed by atoms with E-state index in [2.05, 4.69) is 49.4 Å². The summed E-state index contributed by atoms with van der Waals surface area (Å²) in [7, 11) is 0.861. The van der Waals surface area contributed by atoms with E-state index in [0.717, 1.165) is 9.52 Å². The molecule has 0 aromatic heterocycles. The van der Waals surface area contributed by atoms with Gasteiger partial charge in [0.1, 0.15) is 9.52 Å². The Morgan fingerprint density at radius 1 is 0.941 bits per heavy atom. The molecule has 2 aromatic rings. The van der Waals surface area contributed by atoms with E-state index >= 15 is 0 Å². The molecule has 0 amide bonds. The number of hydrogen-bond acceptors (Lipinski definition) is 0. The Morgan fingerprint density at radius 3 is 2.65 bits per heavy atom. The van der Waals surface area contributed by atoms with Crippen LogP contribution in [0.3, 0.4) is 0 Å². The molecule has 0 saturated heterocycles. The van der Waals surface area contributed by atoms with Gasteiger partial charge in [-0.1, -0.05) is 61.0 Å². The predicted molar refractivity (Wildman–Crippen MR) is 75.5 cm³/mol. The first-order valence-electron chi connectivity index (χ1n) is 6.38. The SMILES string of the molecule is CCCCc1cccc2c1[Si]c1ccccc1-2. The summed E-state index contributed by atoms with van der Waals surface area (Å²) in [5.74, 6) is 0. The van der Waals surface area contributed by atoms with Crippen LogP contribution < -0.4 is 10.4 Å². The first-order valence-corrected chi connectivity index (χ1v) is 7.38. The molecule has 0 N–H and O–H groups in total. The summed E-state index contributed by atoms with van der Waals surface area (Å²) in [5.41, 5.74) is 4.51. The van der Waals surface area contributed by atoms with Gasteiger partial charge in [-0.3, -0.25) is 0 Å². The van der Waals surface area contributed by atoms with E-state index in [1.165, 1.54) is 35.6 Å². The van der Waals surface area contributed by atoms with Crippen molar-refractivity contribution in [2.24, 2.45) is 0 Å². The molecular formula is C16H16Si. The van der Waals surface area contributed by atoms with Crippen LogP contribution in [0.1, 0.15) is 25.3 Å². The molecule has 0 fully saturated rings. The smallest absolute Gasteiger partial charge is 0.0654 e. The molecule has 0 spiro atoms. The second kappa shape index (κ2) is 4.50. The molecule has 84 valence electrons. The summed E-state index contributed by atoms with van der Waals surface area (Å²) < 4.78 is 0. The second-order valence-electron chi connectivity index (χ2n) is 4.61. The highest BCUT2D eigenvalue weighted by molar-refractivity contribution is 6.73. The quantitative estimate of drug-likeness (QED) is 0.613. The zero-order chi connectivity index (χ0) is 11.7. The van der Waals surface area contributed by atoms with E-state index in [9.17, 15) is 0 Å². The molecule has 0 aliphatic carbocycles. The zero-order valence-electron chi connectivity index (χ0n) is 10.2. The predicted octanol–water partition coefficient (Wildman–Crippen LogP) is 2.66. The van der Waals surface area contributed by atoms with Gasteiger partial charge in [0.05, 0.1) is 0 Å². The van der Waals surface area contributed by atoms with Crippen molar-refractivity contribution in [3.8, 4) is 11.1 Å². The van der Waals surface area contributed by atoms with Crippen LogP contribution >= 0.6 is 0 Å². The van der Waals surface area contributed by atoms with Crippen molar-refractivity contribution in [1.82, 2.24) is 0 Å². The van der Waals surface area contributed by atoms with Crippen molar-refractivity contribution >= 4 is 19.9 Å². The minimum Gasteiger partial charge on any atom is -0.0654 e. The maximum atomic E-state index is 2.31. The van der Waals surface area contributed by atoms with Crippen LogP contribution in [0.4, 0.5) is 0 Å². The van der Waals surface area contributed by atoms with Gasteiger partial charge in [-0.05, 0) is 34.7 Å². The minimum absolute atomic E-state index is 0.861. The summed E-state index contributed by atoms with van der Waals surface area (Å²) in [6.45, 7) is 2.26. The van der Waals surface area contributed by atoms with Gasteiger partial charge in [-0.25, -0.2) is 0 Å². The molecule has 1 heterocycles. The maximum Gasteiger partial charge on any atom is 0.123 e. The van der Waals surface area contributed by atoms with E-state index in [4.69, 9.17) is 0 Å². The number of hydrogen-bond donors (Lipinski definition) is 0. The van der Waals surface area contributed by atoms with Crippen molar-refractivity contribution in [2.45, 2.75) is 26.2 Å². The Bertz CT molecular complexity index is 543. The van der Waals surface area contributed by atoms with Crippen LogP contribution in [0, 0.1) is 0 Å². The van der Waals surface area contributed by atoms with Gasteiger partial charge in [0, 0.05) is 0 Å². The van der Waals surface area contributed by atoms with Crippen LogP contribution in [0.15, 0.2) is 42.5 Å². The average molecular weight is 236 g/mol. The Morgan fingerprint density at radius 2 is 1.76 bits per heavy atom. The van der Waals surface area contributed by atoms with Crippen molar-refractivity contribution < 1.29 is 0 Å². The molecule has 0 atom stereocenters. The normalized spacial score (nSPS) is 12.3. The number of rotatable bonds is 3. The molecule has 2 aromatic carbocycles. The largest absolute Gasteiger partial charge is 0.123 e. The first kappa shape index (κ1) is 10.8. The number of unbranched alkanes of at least 4 members (excludes halogenated alkanes) is 1. The Kier molecular flexibility index (Phi) is 2.85. The van der Waals surface area contributed by atoms with Crippen molar-refractivity contribution in [3.05, 3.63) is 48.0 Å². The summed E-state index contributed by atoms with van der Waals surface area (Å²) in [6.07, 6.45) is 3.82. The average Bonchev–Trinajstić information content (AvgIpc) is 2.75. The van der Waals surface area contributed by atoms with Gasteiger partial charge in [-0.15, -0.1) is 0 Å². The number of benzene rings is 2. The van der Waals surface area contributed by atoms with Gasteiger partial charge >= 0.3 is 0 Å². The molecule has 3 rings (SSSR count). The molecule has 1 heteroatoms. The van der Waals surface area contributed by atoms with Crippen molar-refractivity contribution in [2.75, 3.05) is 0 Å². The summed E-state index contributed by atoms with van der Waals surface area (Å²) in [6, 6.07) is 15.7. The zero-order valence-corrected chi connectivity index (χ0v) is 11.2. The molecule has 2 radical (unpaired) electrons. The van der Waals surface area contributed by atoms with Crippen LogP contribution in [-0.4, -0.2) is 9.52 Å². The van der Waals surface area contributed by atoms with E-state index in [0.29, 0.717) is 0 Å². The van der Waals surface area contributed by atoms with Crippen molar-refractivity contribution in [3.63, 3.8) is 0 Å². The van der Waals surface area contributed by atoms with Crippen LogP contribution in [0.2, 0.25) is 0 Å². The van der Waals surface area contributed by atoms with E-state index in [1.54, 1.807) is 10.8 Å². The third-order valence-electron chi connectivity index (χ3n) is 3.43. The lowest BCUT2D eigenvalue weighted by Gasteiger charge is -2.07. The summed E-state index contributed by atoms with van der Waals surface area (Å²) in [5, 5.41) is 3.12. The van der Waals surface area contributed by atoms with Gasteiger partial charge in [0.15, 0.2) is 0 Å². The van der Waals surface area contributed by atoms with Crippen molar-refractivity contribution in [1.29, 1.82) is 0 Å². The Labute approximate surface area is 106 Å². The maximum absolute atomic E-state index is 2.31. The van der Waals surface area contributed by atoms with Crippen LogP contribution in [0.25, 0.3) is 11.1 Å². The molecule has 1 aliphatic rings. The fourth-order valence-electron chi connectivity index (χ4n) is 2.51. The van der Waals surface area contributed by atoms with E-state index in [1.807, 2.05) is 0 Å². The molecule has 1 aliphatic heterocycles. The fraction of sp³-hybridized carbons (Fsp3) is 0.250. The Hall–Kier alpha value is -1.34. The van der Waals surface area contributed by atoms with Crippen LogP contribution in [0.5, 0.6) is 0 Å². The van der Waals surface area contributed by atoms with Gasteiger partial charge in [-0.2, -0.15) is 0 Å². The van der Waals surface area contributed by atoms with Gasteiger partial charge < -0.3 is 0 Å². The monoisotopic (exact) mass is 236 g/mol. The lowest BCUT2D eigenvalue weighted by Crippen LogP contribution is -2.24. The molecule has 0 nitrogen and oxygen atoms in total. The highest BCUT2D eigenvalue weighted by Crippen LogP contribution is 2.21. The molecule has 0 saturated carbocycles. The summed E-state index contributed by atoms with van der Waals surface area (Å²) in [4.78, 5) is 0. The molecule has 17 heavy (non-hydrogen) atoms. The number of fused-ring (bicyclic) bond motifs is 3.